The lowest BCUT2D eigenvalue weighted by Crippen LogP contribution is -2.52. The Morgan fingerprint density at radius 1 is 1.15 bits per heavy atom. The Bertz CT molecular complexity index is 1340. The zero-order valence-corrected chi connectivity index (χ0v) is 19.3. The highest BCUT2D eigenvalue weighted by atomic mass is 35.5. The number of nitrogens with zero attached hydrogens (tertiary/aromatic N) is 2. The molecule has 3 aromatic rings. The second-order valence-electron chi connectivity index (χ2n) is 7.56. The molecule has 2 amide bonds. The van der Waals surface area contributed by atoms with Crippen LogP contribution in [-0.2, 0) is 26.0 Å². The van der Waals surface area contributed by atoms with E-state index in [4.69, 9.17) is 11.6 Å². The third kappa shape index (κ3) is 4.87. The standard InChI is InChI=1S/C23H20ClFN4O4S/c24-17-13-16(25)5-6-21(17)34(32,33)29-19-4-2-1-3-18(19)28-23(31)20(29)14-22(30)27-12-9-15-7-10-26-11-8-15/h1-8,10-11,13,20H,9,12,14H2,(H,27,30)(H,28,31)/t20-/m1/s1. The van der Waals surface area contributed by atoms with Crippen molar-refractivity contribution in [1.82, 2.24) is 10.3 Å². The van der Waals surface area contributed by atoms with E-state index >= 15 is 0 Å². The number of rotatable bonds is 7. The molecule has 1 atom stereocenters. The number of anilines is 2. The van der Waals surface area contributed by atoms with Crippen molar-refractivity contribution in [3.05, 3.63) is 83.4 Å². The van der Waals surface area contributed by atoms with Crippen LogP contribution >= 0.6 is 11.6 Å². The number of carbonyl (C=O) groups is 2. The zero-order valence-electron chi connectivity index (χ0n) is 17.7. The third-order valence-electron chi connectivity index (χ3n) is 5.28. The summed E-state index contributed by atoms with van der Waals surface area (Å²) in [5.74, 6) is -1.87. The number of fused-ring (bicyclic) bond motifs is 1. The summed E-state index contributed by atoms with van der Waals surface area (Å²) in [7, 11) is -4.43. The first kappa shape index (κ1) is 23.7. The van der Waals surface area contributed by atoms with Crippen LogP contribution in [0.2, 0.25) is 5.02 Å². The number of nitrogens with one attached hydrogen (secondary N) is 2. The lowest BCUT2D eigenvalue weighted by atomic mass is 10.1. The normalized spacial score (nSPS) is 15.4. The van der Waals surface area contributed by atoms with Crippen molar-refractivity contribution < 1.29 is 22.4 Å². The number of carbonyl (C=O) groups excluding carboxylic acids is 2. The first-order chi connectivity index (χ1) is 16.3. The molecule has 0 bridgehead atoms. The van der Waals surface area contributed by atoms with Gasteiger partial charge in [0, 0.05) is 18.9 Å². The average molecular weight is 503 g/mol. The highest BCUT2D eigenvalue weighted by Crippen LogP contribution is 2.38. The van der Waals surface area contributed by atoms with Crippen molar-refractivity contribution in [2.75, 3.05) is 16.2 Å². The van der Waals surface area contributed by atoms with Crippen molar-refractivity contribution in [1.29, 1.82) is 0 Å². The number of para-hydroxylation sites is 2. The van der Waals surface area contributed by atoms with Gasteiger partial charge in [-0.05, 0) is 54.4 Å². The molecule has 4 rings (SSSR count). The Morgan fingerprint density at radius 3 is 2.62 bits per heavy atom. The van der Waals surface area contributed by atoms with Gasteiger partial charge in [-0.1, -0.05) is 23.7 Å². The van der Waals surface area contributed by atoms with Gasteiger partial charge in [-0.25, -0.2) is 12.8 Å². The van der Waals surface area contributed by atoms with Gasteiger partial charge in [0.15, 0.2) is 0 Å². The van der Waals surface area contributed by atoms with Gasteiger partial charge in [-0.2, -0.15) is 0 Å². The fraction of sp³-hybridized carbons (Fsp3) is 0.174. The molecule has 2 aromatic carbocycles. The highest BCUT2D eigenvalue weighted by molar-refractivity contribution is 7.93. The van der Waals surface area contributed by atoms with Crippen molar-refractivity contribution in [3.63, 3.8) is 0 Å². The molecule has 2 N–H and O–H groups in total. The van der Waals surface area contributed by atoms with Gasteiger partial charge >= 0.3 is 0 Å². The van der Waals surface area contributed by atoms with Crippen LogP contribution in [0.5, 0.6) is 0 Å². The van der Waals surface area contributed by atoms with Crippen LogP contribution in [0.3, 0.4) is 0 Å². The summed E-state index contributed by atoms with van der Waals surface area (Å²) in [5.41, 5.74) is 1.41. The molecule has 0 aliphatic carbocycles. The van der Waals surface area contributed by atoms with E-state index in [0.717, 1.165) is 28.1 Å². The fourth-order valence-electron chi connectivity index (χ4n) is 3.67. The Balaban J connectivity index is 1.62. The Kier molecular flexibility index (Phi) is 6.80. The van der Waals surface area contributed by atoms with Crippen LogP contribution in [0.4, 0.5) is 15.8 Å². The SMILES string of the molecule is O=C(C[C@@H]1C(=O)Nc2ccccc2N1S(=O)(=O)c1ccc(F)cc1Cl)NCCc1ccncc1. The van der Waals surface area contributed by atoms with Gasteiger partial charge in [-0.3, -0.25) is 18.9 Å². The number of aromatic nitrogens is 1. The van der Waals surface area contributed by atoms with E-state index in [-0.39, 0.29) is 21.3 Å². The second kappa shape index (κ2) is 9.78. The quantitative estimate of drug-likeness (QED) is 0.516. The minimum atomic E-state index is -4.43. The van der Waals surface area contributed by atoms with E-state index in [2.05, 4.69) is 15.6 Å². The first-order valence-electron chi connectivity index (χ1n) is 10.3. The smallest absolute Gasteiger partial charge is 0.266 e. The van der Waals surface area contributed by atoms with Crippen molar-refractivity contribution in [2.24, 2.45) is 0 Å². The van der Waals surface area contributed by atoms with Gasteiger partial charge in [0.1, 0.15) is 16.8 Å². The topological polar surface area (TPSA) is 108 Å². The predicted octanol–water partition coefficient (Wildman–Crippen LogP) is 3.14. The highest BCUT2D eigenvalue weighted by Gasteiger charge is 2.42. The number of amides is 2. The van der Waals surface area contributed by atoms with E-state index in [1.165, 1.54) is 6.07 Å². The number of pyridine rings is 1. The van der Waals surface area contributed by atoms with E-state index in [1.54, 1.807) is 30.6 Å². The van der Waals surface area contributed by atoms with Crippen LogP contribution in [0.25, 0.3) is 0 Å². The van der Waals surface area contributed by atoms with Gasteiger partial charge in [-0.15, -0.1) is 0 Å². The second-order valence-corrected chi connectivity index (χ2v) is 9.75. The summed E-state index contributed by atoms with van der Waals surface area (Å²) in [6, 6.07) is 11.5. The molecule has 0 unspecified atom stereocenters. The maximum atomic E-state index is 13.6. The molecule has 176 valence electrons. The summed E-state index contributed by atoms with van der Waals surface area (Å²) in [6.07, 6.45) is 3.41. The summed E-state index contributed by atoms with van der Waals surface area (Å²) >= 11 is 6.05. The van der Waals surface area contributed by atoms with Crippen LogP contribution in [0.1, 0.15) is 12.0 Å². The van der Waals surface area contributed by atoms with E-state index in [9.17, 15) is 22.4 Å². The molecule has 0 fully saturated rings. The third-order valence-corrected chi connectivity index (χ3v) is 7.59. The number of halogens is 2. The molecule has 0 radical (unpaired) electrons. The van der Waals surface area contributed by atoms with Crippen molar-refractivity contribution in [2.45, 2.75) is 23.8 Å². The molecule has 34 heavy (non-hydrogen) atoms. The monoisotopic (exact) mass is 502 g/mol. The maximum absolute atomic E-state index is 13.6. The predicted molar refractivity (Wildman–Crippen MR) is 126 cm³/mol. The summed E-state index contributed by atoms with van der Waals surface area (Å²) in [4.78, 5) is 29.2. The molecule has 11 heteroatoms. The molecule has 0 saturated carbocycles. The van der Waals surface area contributed by atoms with Gasteiger partial charge in [0.05, 0.1) is 22.8 Å². The molecule has 0 saturated heterocycles. The van der Waals surface area contributed by atoms with Crippen LogP contribution < -0.4 is 14.9 Å². The Labute approximate surface area is 200 Å². The Hall–Kier alpha value is -3.50. The Morgan fingerprint density at radius 2 is 1.88 bits per heavy atom. The summed E-state index contributed by atoms with van der Waals surface area (Å²) in [5, 5.41) is 5.04. The summed E-state index contributed by atoms with van der Waals surface area (Å²) < 4.78 is 41.7. The van der Waals surface area contributed by atoms with Gasteiger partial charge in [0.2, 0.25) is 11.8 Å². The van der Waals surface area contributed by atoms with Crippen LogP contribution in [0.15, 0.2) is 71.9 Å². The minimum Gasteiger partial charge on any atom is -0.356 e. The van der Waals surface area contributed by atoms with Crippen molar-refractivity contribution >= 4 is 44.8 Å². The molecular weight excluding hydrogens is 483 g/mol. The first-order valence-corrected chi connectivity index (χ1v) is 12.1. The number of sulfonamides is 1. The van der Waals surface area contributed by atoms with Crippen molar-refractivity contribution in [3.8, 4) is 0 Å². The van der Waals surface area contributed by atoms with Crippen LogP contribution in [-0.4, -0.2) is 37.8 Å². The van der Waals surface area contributed by atoms with E-state index in [1.807, 2.05) is 12.1 Å². The minimum absolute atomic E-state index is 0.178. The van der Waals surface area contributed by atoms with Gasteiger partial charge in [0.25, 0.3) is 10.0 Å². The lowest BCUT2D eigenvalue weighted by Gasteiger charge is -2.36. The molecule has 8 nitrogen and oxygen atoms in total. The molecule has 1 aliphatic heterocycles. The van der Waals surface area contributed by atoms with E-state index < -0.39 is 40.1 Å². The molecule has 2 heterocycles. The number of hydrogen-bond donors (Lipinski definition) is 2. The largest absolute Gasteiger partial charge is 0.356 e. The zero-order chi connectivity index (χ0) is 24.3. The average Bonchev–Trinajstić information content (AvgIpc) is 2.80. The van der Waals surface area contributed by atoms with Crippen LogP contribution in [0, 0.1) is 5.82 Å². The fourth-order valence-corrected chi connectivity index (χ4v) is 5.81. The number of benzene rings is 2. The lowest BCUT2D eigenvalue weighted by molar-refractivity contribution is -0.125. The summed E-state index contributed by atoms with van der Waals surface area (Å²) in [6.45, 7) is 0.296. The molecular formula is C23H20ClFN4O4S. The molecule has 0 spiro atoms. The molecule has 1 aliphatic rings. The van der Waals surface area contributed by atoms with E-state index in [0.29, 0.717) is 13.0 Å². The van der Waals surface area contributed by atoms with Gasteiger partial charge < -0.3 is 10.6 Å². The maximum Gasteiger partial charge on any atom is 0.266 e. The molecule has 1 aromatic heterocycles. The number of hydrogen-bond acceptors (Lipinski definition) is 5.